The summed E-state index contributed by atoms with van der Waals surface area (Å²) in [6.45, 7) is 3.02. The van der Waals surface area contributed by atoms with E-state index in [9.17, 15) is 13.2 Å². The SMILES string of the molecule is CNS(=O)(=O)c1cc(OC)c(NC(C)=O)cc1C. The predicted octanol–water partition coefficient (Wildman–Crippen LogP) is 0.870. The normalized spacial score (nSPS) is 11.1. The van der Waals surface area contributed by atoms with Crippen LogP contribution in [0, 0.1) is 6.92 Å². The summed E-state index contributed by atoms with van der Waals surface area (Å²) < 4.78 is 30.9. The molecular weight excluding hydrogens is 256 g/mol. The van der Waals surface area contributed by atoms with Crippen molar-refractivity contribution in [1.29, 1.82) is 0 Å². The number of methoxy groups -OCH3 is 1. The van der Waals surface area contributed by atoms with Crippen LogP contribution in [0.5, 0.6) is 5.75 Å². The molecule has 0 fully saturated rings. The van der Waals surface area contributed by atoms with Crippen LogP contribution in [0.15, 0.2) is 17.0 Å². The smallest absolute Gasteiger partial charge is 0.240 e. The van der Waals surface area contributed by atoms with Gasteiger partial charge in [0.2, 0.25) is 15.9 Å². The maximum atomic E-state index is 11.8. The van der Waals surface area contributed by atoms with Gasteiger partial charge in [0, 0.05) is 13.0 Å². The highest BCUT2D eigenvalue weighted by atomic mass is 32.2. The predicted molar refractivity (Wildman–Crippen MR) is 68.3 cm³/mol. The van der Waals surface area contributed by atoms with E-state index in [0.29, 0.717) is 17.0 Å². The molecule has 0 atom stereocenters. The van der Waals surface area contributed by atoms with Gasteiger partial charge in [-0.2, -0.15) is 0 Å². The van der Waals surface area contributed by atoms with Crippen molar-refractivity contribution >= 4 is 21.6 Å². The number of hydrogen-bond donors (Lipinski definition) is 2. The summed E-state index contributed by atoms with van der Waals surface area (Å²) in [4.78, 5) is 11.2. The van der Waals surface area contributed by atoms with E-state index >= 15 is 0 Å². The number of ether oxygens (including phenoxy) is 1. The molecule has 0 aromatic heterocycles. The molecule has 0 aliphatic carbocycles. The lowest BCUT2D eigenvalue weighted by atomic mass is 10.2. The van der Waals surface area contributed by atoms with Crippen molar-refractivity contribution in [3.8, 4) is 5.75 Å². The molecule has 0 spiro atoms. The molecule has 0 heterocycles. The van der Waals surface area contributed by atoms with Gasteiger partial charge in [0.15, 0.2) is 0 Å². The fourth-order valence-corrected chi connectivity index (χ4v) is 2.49. The van der Waals surface area contributed by atoms with E-state index in [4.69, 9.17) is 4.74 Å². The van der Waals surface area contributed by atoms with Crippen LogP contribution in [-0.4, -0.2) is 28.5 Å². The third kappa shape index (κ3) is 2.99. The first kappa shape index (κ1) is 14.5. The van der Waals surface area contributed by atoms with Gasteiger partial charge in [-0.15, -0.1) is 0 Å². The Balaban J connectivity index is 3.40. The Hall–Kier alpha value is -1.60. The van der Waals surface area contributed by atoms with E-state index in [0.717, 1.165) is 0 Å². The van der Waals surface area contributed by atoms with Crippen molar-refractivity contribution in [2.24, 2.45) is 0 Å². The molecule has 0 radical (unpaired) electrons. The van der Waals surface area contributed by atoms with E-state index < -0.39 is 10.0 Å². The van der Waals surface area contributed by atoms with Crippen LogP contribution in [0.25, 0.3) is 0 Å². The second-order valence-electron chi connectivity index (χ2n) is 3.71. The Labute approximate surface area is 106 Å². The molecule has 0 bridgehead atoms. The molecule has 0 saturated carbocycles. The van der Waals surface area contributed by atoms with Gasteiger partial charge in [-0.1, -0.05) is 0 Å². The molecule has 1 amide bonds. The van der Waals surface area contributed by atoms with E-state index in [1.165, 1.54) is 27.1 Å². The molecule has 0 aliphatic rings. The minimum Gasteiger partial charge on any atom is -0.495 e. The van der Waals surface area contributed by atoms with Gasteiger partial charge >= 0.3 is 0 Å². The van der Waals surface area contributed by atoms with E-state index in [1.54, 1.807) is 13.0 Å². The fourth-order valence-electron chi connectivity index (χ4n) is 1.53. The Kier molecular flexibility index (Phi) is 4.31. The molecule has 7 heteroatoms. The topological polar surface area (TPSA) is 84.5 Å². The summed E-state index contributed by atoms with van der Waals surface area (Å²) in [5.41, 5.74) is 0.964. The van der Waals surface area contributed by atoms with Gasteiger partial charge in [-0.25, -0.2) is 13.1 Å². The van der Waals surface area contributed by atoms with Crippen molar-refractivity contribution in [3.63, 3.8) is 0 Å². The van der Waals surface area contributed by atoms with E-state index in [2.05, 4.69) is 10.0 Å². The summed E-state index contributed by atoms with van der Waals surface area (Å²) in [5, 5.41) is 2.58. The van der Waals surface area contributed by atoms with Crippen LogP contribution < -0.4 is 14.8 Å². The van der Waals surface area contributed by atoms with Crippen LogP contribution in [-0.2, 0) is 14.8 Å². The molecule has 0 aliphatic heterocycles. The van der Waals surface area contributed by atoms with Gasteiger partial charge in [0.05, 0.1) is 17.7 Å². The van der Waals surface area contributed by atoms with Crippen LogP contribution in [0.2, 0.25) is 0 Å². The number of amides is 1. The molecule has 1 rings (SSSR count). The quantitative estimate of drug-likeness (QED) is 0.851. The van der Waals surface area contributed by atoms with Gasteiger partial charge in [0.1, 0.15) is 5.75 Å². The van der Waals surface area contributed by atoms with Crippen molar-refractivity contribution in [3.05, 3.63) is 17.7 Å². The molecule has 2 N–H and O–H groups in total. The Morgan fingerprint density at radius 2 is 1.94 bits per heavy atom. The zero-order valence-electron chi connectivity index (χ0n) is 10.7. The fraction of sp³-hybridized carbons (Fsp3) is 0.364. The second-order valence-corrected chi connectivity index (χ2v) is 5.56. The van der Waals surface area contributed by atoms with Crippen LogP contribution >= 0.6 is 0 Å². The summed E-state index contributed by atoms with van der Waals surface area (Å²) in [7, 11) is -0.805. The molecule has 1 aromatic rings. The molecule has 100 valence electrons. The monoisotopic (exact) mass is 272 g/mol. The average molecular weight is 272 g/mol. The number of rotatable bonds is 4. The number of aryl methyl sites for hydroxylation is 1. The van der Waals surface area contributed by atoms with Crippen molar-refractivity contribution in [1.82, 2.24) is 4.72 Å². The molecule has 0 unspecified atom stereocenters. The lowest BCUT2D eigenvalue weighted by Crippen LogP contribution is -2.20. The number of anilines is 1. The first-order chi connectivity index (χ1) is 8.31. The van der Waals surface area contributed by atoms with Gasteiger partial charge in [0.25, 0.3) is 0 Å². The summed E-state index contributed by atoms with van der Waals surface area (Å²) in [5.74, 6) is 0.0431. The number of nitrogens with one attached hydrogen (secondary N) is 2. The van der Waals surface area contributed by atoms with E-state index in [1.807, 2.05) is 0 Å². The summed E-state index contributed by atoms with van der Waals surface area (Å²) >= 11 is 0. The van der Waals surface area contributed by atoms with Crippen molar-refractivity contribution < 1.29 is 17.9 Å². The average Bonchev–Trinajstić information content (AvgIpc) is 2.28. The molecule has 18 heavy (non-hydrogen) atoms. The lowest BCUT2D eigenvalue weighted by molar-refractivity contribution is -0.114. The molecular formula is C11H16N2O4S. The highest BCUT2D eigenvalue weighted by molar-refractivity contribution is 7.89. The Morgan fingerprint density at radius 3 is 2.39 bits per heavy atom. The zero-order chi connectivity index (χ0) is 13.9. The minimum absolute atomic E-state index is 0.121. The highest BCUT2D eigenvalue weighted by Gasteiger charge is 2.18. The Bertz CT molecular complexity index is 567. The number of hydrogen-bond acceptors (Lipinski definition) is 4. The number of benzene rings is 1. The first-order valence-electron chi connectivity index (χ1n) is 5.21. The first-order valence-corrected chi connectivity index (χ1v) is 6.70. The van der Waals surface area contributed by atoms with E-state index in [-0.39, 0.29) is 10.8 Å². The molecule has 1 aromatic carbocycles. The molecule has 0 saturated heterocycles. The zero-order valence-corrected chi connectivity index (χ0v) is 11.5. The van der Waals surface area contributed by atoms with Crippen LogP contribution in [0.4, 0.5) is 5.69 Å². The summed E-state index contributed by atoms with van der Waals surface area (Å²) in [6.07, 6.45) is 0. The number of carbonyl (C=O) groups is 1. The summed E-state index contributed by atoms with van der Waals surface area (Å²) in [6, 6.07) is 2.94. The van der Waals surface area contributed by atoms with Crippen molar-refractivity contribution in [2.75, 3.05) is 19.5 Å². The largest absolute Gasteiger partial charge is 0.495 e. The second kappa shape index (κ2) is 5.36. The highest BCUT2D eigenvalue weighted by Crippen LogP contribution is 2.30. The molecule has 6 nitrogen and oxygen atoms in total. The van der Waals surface area contributed by atoms with Crippen LogP contribution in [0.3, 0.4) is 0 Å². The lowest BCUT2D eigenvalue weighted by Gasteiger charge is -2.13. The van der Waals surface area contributed by atoms with Gasteiger partial charge in [-0.05, 0) is 25.6 Å². The minimum atomic E-state index is -3.55. The Morgan fingerprint density at radius 1 is 1.33 bits per heavy atom. The van der Waals surface area contributed by atoms with Crippen LogP contribution in [0.1, 0.15) is 12.5 Å². The third-order valence-corrected chi connectivity index (χ3v) is 3.92. The maximum Gasteiger partial charge on any atom is 0.240 e. The van der Waals surface area contributed by atoms with Crippen molar-refractivity contribution in [2.45, 2.75) is 18.7 Å². The number of carbonyl (C=O) groups excluding carboxylic acids is 1. The maximum absolute atomic E-state index is 11.8. The standard InChI is InChI=1S/C11H16N2O4S/c1-7-5-9(13-8(2)14)10(17-4)6-11(7)18(15,16)12-3/h5-6,12H,1-4H3,(H,13,14). The third-order valence-electron chi connectivity index (χ3n) is 2.37. The number of sulfonamides is 1. The van der Waals surface area contributed by atoms with Gasteiger partial charge in [-0.3, -0.25) is 4.79 Å². The van der Waals surface area contributed by atoms with Gasteiger partial charge < -0.3 is 10.1 Å².